The lowest BCUT2D eigenvalue weighted by Crippen LogP contribution is -2.27. The van der Waals surface area contributed by atoms with Crippen LogP contribution in [0.2, 0.25) is 5.02 Å². The SMILES string of the molecule is CN(C)C(=O)CC1CN(c2nnnn2CC2CCCO2)c2ccc(Cl)cc21. The van der Waals surface area contributed by atoms with Crippen LogP contribution in [0.5, 0.6) is 0 Å². The first-order valence-electron chi connectivity index (χ1n) is 9.18. The number of rotatable bonds is 5. The third kappa shape index (κ3) is 3.64. The molecule has 2 aliphatic heterocycles. The molecular weight excluding hydrogens is 368 g/mol. The van der Waals surface area contributed by atoms with Gasteiger partial charge in [-0.15, -0.1) is 0 Å². The number of halogens is 1. The summed E-state index contributed by atoms with van der Waals surface area (Å²) >= 11 is 6.23. The van der Waals surface area contributed by atoms with Gasteiger partial charge in [-0.1, -0.05) is 16.7 Å². The summed E-state index contributed by atoms with van der Waals surface area (Å²) < 4.78 is 7.52. The maximum atomic E-state index is 12.3. The van der Waals surface area contributed by atoms with E-state index >= 15 is 0 Å². The first-order valence-corrected chi connectivity index (χ1v) is 9.55. The first-order chi connectivity index (χ1) is 13.0. The molecule has 0 aliphatic carbocycles. The number of nitrogens with zero attached hydrogens (tertiary/aromatic N) is 6. The van der Waals surface area contributed by atoms with Gasteiger partial charge in [0, 0.05) is 50.3 Å². The fourth-order valence-electron chi connectivity index (χ4n) is 3.77. The second kappa shape index (κ2) is 7.44. The average Bonchev–Trinajstić information content (AvgIpc) is 3.36. The third-order valence-electron chi connectivity index (χ3n) is 5.20. The van der Waals surface area contributed by atoms with Crippen molar-refractivity contribution < 1.29 is 9.53 Å². The van der Waals surface area contributed by atoms with Gasteiger partial charge in [-0.25, -0.2) is 4.68 Å². The fraction of sp³-hybridized carbons (Fsp3) is 0.556. The molecule has 2 aliphatic rings. The zero-order valence-electron chi connectivity index (χ0n) is 15.5. The van der Waals surface area contributed by atoms with E-state index in [2.05, 4.69) is 20.4 Å². The van der Waals surface area contributed by atoms with Gasteiger partial charge in [0.25, 0.3) is 0 Å². The van der Waals surface area contributed by atoms with E-state index in [9.17, 15) is 4.79 Å². The normalized spacial score (nSPS) is 21.5. The highest BCUT2D eigenvalue weighted by atomic mass is 35.5. The molecule has 1 saturated heterocycles. The summed E-state index contributed by atoms with van der Waals surface area (Å²) in [5, 5.41) is 13.0. The second-order valence-electron chi connectivity index (χ2n) is 7.30. The van der Waals surface area contributed by atoms with Crippen molar-refractivity contribution in [2.45, 2.75) is 37.8 Å². The first kappa shape index (κ1) is 18.2. The number of ether oxygens (including phenoxy) is 1. The van der Waals surface area contributed by atoms with Crippen molar-refractivity contribution in [3.63, 3.8) is 0 Å². The highest BCUT2D eigenvalue weighted by Gasteiger charge is 2.34. The van der Waals surface area contributed by atoms with Gasteiger partial charge in [0.1, 0.15) is 0 Å². The van der Waals surface area contributed by atoms with Crippen LogP contribution in [0.1, 0.15) is 30.7 Å². The largest absolute Gasteiger partial charge is 0.376 e. The Hall–Kier alpha value is -2.19. The van der Waals surface area contributed by atoms with Crippen molar-refractivity contribution in [3.05, 3.63) is 28.8 Å². The molecule has 1 amide bonds. The lowest BCUT2D eigenvalue weighted by Gasteiger charge is -2.20. The summed E-state index contributed by atoms with van der Waals surface area (Å²) in [4.78, 5) is 16.0. The molecule has 0 spiro atoms. The maximum Gasteiger partial charge on any atom is 0.250 e. The number of amides is 1. The van der Waals surface area contributed by atoms with E-state index in [0.29, 0.717) is 30.5 Å². The van der Waals surface area contributed by atoms with Crippen LogP contribution in [0.15, 0.2) is 18.2 Å². The van der Waals surface area contributed by atoms with Crippen LogP contribution in [-0.4, -0.2) is 64.4 Å². The minimum atomic E-state index is 0.0430. The minimum absolute atomic E-state index is 0.0430. The van der Waals surface area contributed by atoms with Crippen molar-refractivity contribution in [3.8, 4) is 0 Å². The quantitative estimate of drug-likeness (QED) is 0.779. The molecule has 1 aromatic carbocycles. The predicted molar refractivity (Wildman–Crippen MR) is 101 cm³/mol. The highest BCUT2D eigenvalue weighted by molar-refractivity contribution is 6.30. The molecule has 2 aromatic rings. The van der Waals surface area contributed by atoms with E-state index in [1.54, 1.807) is 23.7 Å². The fourth-order valence-corrected chi connectivity index (χ4v) is 3.95. The molecule has 1 aromatic heterocycles. The number of anilines is 2. The van der Waals surface area contributed by atoms with Gasteiger partial charge in [-0.05, 0) is 47.0 Å². The summed E-state index contributed by atoms with van der Waals surface area (Å²) in [5.74, 6) is 0.807. The van der Waals surface area contributed by atoms with Gasteiger partial charge in [-0.2, -0.15) is 0 Å². The molecule has 2 unspecified atom stereocenters. The van der Waals surface area contributed by atoms with Gasteiger partial charge >= 0.3 is 0 Å². The van der Waals surface area contributed by atoms with E-state index in [4.69, 9.17) is 16.3 Å². The van der Waals surface area contributed by atoms with Crippen molar-refractivity contribution in [1.29, 1.82) is 0 Å². The predicted octanol–water partition coefficient (Wildman–Crippen LogP) is 2.22. The Morgan fingerprint density at radius 2 is 2.26 bits per heavy atom. The number of carbonyl (C=O) groups excluding carboxylic acids is 1. The molecule has 1 fully saturated rings. The Kier molecular flexibility index (Phi) is 5.01. The number of fused-ring (bicyclic) bond motifs is 1. The number of benzene rings is 1. The number of tetrazole rings is 1. The van der Waals surface area contributed by atoms with E-state index in [0.717, 1.165) is 30.7 Å². The van der Waals surface area contributed by atoms with Crippen molar-refractivity contribution in [2.75, 3.05) is 32.1 Å². The van der Waals surface area contributed by atoms with Crippen LogP contribution in [0, 0.1) is 0 Å². The third-order valence-corrected chi connectivity index (χ3v) is 5.43. The molecule has 9 heteroatoms. The number of hydrogen-bond acceptors (Lipinski definition) is 6. The summed E-state index contributed by atoms with van der Waals surface area (Å²) in [6, 6.07) is 5.78. The molecule has 3 heterocycles. The topological polar surface area (TPSA) is 76.4 Å². The molecule has 0 saturated carbocycles. The van der Waals surface area contributed by atoms with Crippen LogP contribution < -0.4 is 4.90 Å². The molecule has 0 bridgehead atoms. The average molecular weight is 391 g/mol. The van der Waals surface area contributed by atoms with Crippen LogP contribution in [0.25, 0.3) is 0 Å². The lowest BCUT2D eigenvalue weighted by atomic mass is 9.97. The summed E-state index contributed by atoms with van der Waals surface area (Å²) in [5.41, 5.74) is 2.06. The van der Waals surface area contributed by atoms with Gasteiger partial charge < -0.3 is 14.5 Å². The Labute approximate surface area is 163 Å². The van der Waals surface area contributed by atoms with Crippen LogP contribution >= 0.6 is 11.6 Å². The minimum Gasteiger partial charge on any atom is -0.376 e. The van der Waals surface area contributed by atoms with Gasteiger partial charge in [0.05, 0.1) is 12.6 Å². The van der Waals surface area contributed by atoms with Gasteiger partial charge in [-0.3, -0.25) is 4.79 Å². The Morgan fingerprint density at radius 3 is 3.00 bits per heavy atom. The smallest absolute Gasteiger partial charge is 0.250 e. The van der Waals surface area contributed by atoms with E-state index in [1.807, 2.05) is 18.2 Å². The molecule has 27 heavy (non-hydrogen) atoms. The van der Waals surface area contributed by atoms with Crippen LogP contribution in [0.4, 0.5) is 11.6 Å². The van der Waals surface area contributed by atoms with E-state index in [1.165, 1.54) is 0 Å². The molecule has 4 rings (SSSR count). The lowest BCUT2D eigenvalue weighted by molar-refractivity contribution is -0.129. The van der Waals surface area contributed by atoms with Crippen molar-refractivity contribution in [2.24, 2.45) is 0 Å². The Balaban J connectivity index is 1.63. The molecule has 144 valence electrons. The summed E-state index contributed by atoms with van der Waals surface area (Å²) in [7, 11) is 3.55. The summed E-state index contributed by atoms with van der Waals surface area (Å²) in [6.07, 6.45) is 2.66. The zero-order chi connectivity index (χ0) is 19.0. The monoisotopic (exact) mass is 390 g/mol. The number of hydrogen-bond donors (Lipinski definition) is 0. The molecule has 8 nitrogen and oxygen atoms in total. The van der Waals surface area contributed by atoms with E-state index < -0.39 is 0 Å². The summed E-state index contributed by atoms with van der Waals surface area (Å²) in [6.45, 7) is 2.06. The maximum absolute atomic E-state index is 12.3. The standard InChI is InChI=1S/C18H23ClN6O2/c1-23(2)17(26)8-12-10-24(16-6-5-13(19)9-15(12)16)18-20-21-22-25(18)11-14-4-3-7-27-14/h5-6,9,12,14H,3-4,7-8,10-11H2,1-2H3. The molecular formula is C18H23ClN6O2. The number of carbonyl (C=O) groups is 1. The van der Waals surface area contributed by atoms with E-state index in [-0.39, 0.29) is 17.9 Å². The number of aromatic nitrogens is 4. The molecule has 2 atom stereocenters. The van der Waals surface area contributed by atoms with Gasteiger partial charge in [0.15, 0.2) is 0 Å². The Bertz CT molecular complexity index is 833. The second-order valence-corrected chi connectivity index (χ2v) is 7.74. The Morgan fingerprint density at radius 1 is 1.41 bits per heavy atom. The molecule has 0 N–H and O–H groups in total. The molecule has 0 radical (unpaired) electrons. The van der Waals surface area contributed by atoms with Crippen molar-refractivity contribution >= 4 is 29.1 Å². The van der Waals surface area contributed by atoms with Crippen LogP contribution in [0.3, 0.4) is 0 Å². The van der Waals surface area contributed by atoms with Crippen LogP contribution in [-0.2, 0) is 16.1 Å². The zero-order valence-corrected chi connectivity index (χ0v) is 16.3. The van der Waals surface area contributed by atoms with Gasteiger partial charge in [0.2, 0.25) is 11.9 Å². The van der Waals surface area contributed by atoms with Crippen molar-refractivity contribution in [1.82, 2.24) is 25.1 Å². The highest BCUT2D eigenvalue weighted by Crippen LogP contribution is 2.43.